The van der Waals surface area contributed by atoms with Gasteiger partial charge < -0.3 is 15.2 Å². The summed E-state index contributed by atoms with van der Waals surface area (Å²) in [6, 6.07) is 36.6. The normalized spacial score (nSPS) is 11.4. The molecule has 0 aliphatic rings. The van der Waals surface area contributed by atoms with Gasteiger partial charge in [-0.1, -0.05) is 85.8 Å². The van der Waals surface area contributed by atoms with E-state index in [4.69, 9.17) is 15.2 Å². The molecule has 0 fully saturated rings. The molecule has 4 heteroatoms. The predicted molar refractivity (Wildman–Crippen MR) is 146 cm³/mol. The fourth-order valence-corrected chi connectivity index (χ4v) is 4.21. The molecule has 0 saturated heterocycles. The minimum atomic E-state index is 0.409. The maximum atomic E-state index is 9.95. The van der Waals surface area contributed by atoms with Crippen LogP contribution in [0.15, 0.2) is 103 Å². The van der Waals surface area contributed by atoms with Gasteiger partial charge in [0.1, 0.15) is 30.8 Å². The van der Waals surface area contributed by atoms with E-state index in [9.17, 15) is 5.26 Å². The van der Waals surface area contributed by atoms with E-state index >= 15 is 0 Å². The summed E-state index contributed by atoms with van der Waals surface area (Å²) in [5.41, 5.74) is 12.6. The van der Waals surface area contributed by atoms with Crippen LogP contribution >= 0.6 is 0 Å². The van der Waals surface area contributed by atoms with E-state index in [1.807, 2.05) is 78.9 Å². The van der Waals surface area contributed by atoms with Crippen molar-refractivity contribution in [3.63, 3.8) is 0 Å². The van der Waals surface area contributed by atoms with Crippen molar-refractivity contribution in [3.05, 3.63) is 131 Å². The summed E-state index contributed by atoms with van der Waals surface area (Å²) < 4.78 is 11.7. The van der Waals surface area contributed by atoms with Gasteiger partial charge in [0.05, 0.1) is 5.56 Å². The molecule has 4 aromatic carbocycles. The molecule has 4 rings (SSSR count). The lowest BCUT2D eigenvalue weighted by atomic mass is 9.87. The summed E-state index contributed by atoms with van der Waals surface area (Å²) in [7, 11) is 0. The Morgan fingerprint density at radius 1 is 0.778 bits per heavy atom. The molecular weight excluding hydrogens is 444 g/mol. The van der Waals surface area contributed by atoms with Crippen LogP contribution in [0.1, 0.15) is 41.2 Å². The Kier molecular flexibility index (Phi) is 8.53. The molecule has 0 amide bonds. The number of allylic oxidation sites excluding steroid dienone is 1. The zero-order valence-electron chi connectivity index (χ0n) is 20.5. The fraction of sp³-hybridized carbons (Fsp3) is 0.156. The van der Waals surface area contributed by atoms with Gasteiger partial charge in [-0.25, -0.2) is 0 Å². The molecule has 36 heavy (non-hydrogen) atoms. The van der Waals surface area contributed by atoms with Crippen LogP contribution in [0.2, 0.25) is 0 Å². The number of nitrogens with two attached hydrogens (primary N) is 1. The van der Waals surface area contributed by atoms with Gasteiger partial charge in [0.15, 0.2) is 0 Å². The zero-order valence-corrected chi connectivity index (χ0v) is 20.5. The van der Waals surface area contributed by atoms with Crippen LogP contribution in [0.5, 0.6) is 11.5 Å². The molecule has 0 aliphatic heterocycles. The van der Waals surface area contributed by atoms with Gasteiger partial charge in [0.2, 0.25) is 0 Å². The lowest BCUT2D eigenvalue weighted by Crippen LogP contribution is -2.10. The summed E-state index contributed by atoms with van der Waals surface area (Å²) in [5, 5.41) is 9.95. The Morgan fingerprint density at radius 2 is 1.44 bits per heavy atom. The van der Waals surface area contributed by atoms with Crippen molar-refractivity contribution in [3.8, 4) is 17.6 Å². The highest BCUT2D eigenvalue weighted by atomic mass is 16.5. The maximum absolute atomic E-state index is 9.95. The van der Waals surface area contributed by atoms with E-state index in [-0.39, 0.29) is 0 Å². The Bertz CT molecular complexity index is 1340. The second kappa shape index (κ2) is 12.4. The summed E-state index contributed by atoms with van der Waals surface area (Å²) in [5.74, 6) is 1.36. The molecule has 2 N–H and O–H groups in total. The number of rotatable bonds is 10. The summed E-state index contributed by atoms with van der Waals surface area (Å²) in [6.45, 7) is 3.51. The summed E-state index contributed by atoms with van der Waals surface area (Å²) in [6.07, 6.45) is 0.832. The van der Waals surface area contributed by atoms with E-state index < -0.39 is 0 Å². The van der Waals surface area contributed by atoms with Gasteiger partial charge in [-0.2, -0.15) is 5.26 Å². The highest BCUT2D eigenvalue weighted by molar-refractivity contribution is 5.98. The number of hydrogen-bond acceptors (Lipinski definition) is 4. The average Bonchev–Trinajstić information content (AvgIpc) is 2.95. The first-order valence-electron chi connectivity index (χ1n) is 12.2. The van der Waals surface area contributed by atoms with Crippen LogP contribution in [0, 0.1) is 11.3 Å². The number of nitriles is 1. The number of hydrogen-bond donors (Lipinski definition) is 1. The van der Waals surface area contributed by atoms with Gasteiger partial charge in [-0.05, 0) is 64.1 Å². The number of nitrogens with zero attached hydrogens (tertiary/aromatic N) is 1. The van der Waals surface area contributed by atoms with Crippen molar-refractivity contribution in [2.75, 3.05) is 13.2 Å². The van der Waals surface area contributed by atoms with E-state index in [2.05, 4.69) is 37.3 Å². The maximum Gasteiger partial charge on any atom is 0.137 e. The third-order valence-electron chi connectivity index (χ3n) is 5.93. The monoisotopic (exact) mass is 474 g/mol. The third-order valence-corrected chi connectivity index (χ3v) is 5.93. The minimum absolute atomic E-state index is 0.409. The smallest absolute Gasteiger partial charge is 0.137 e. The minimum Gasteiger partial charge on any atom is -0.492 e. The first-order chi connectivity index (χ1) is 17.7. The Labute approximate surface area is 213 Å². The van der Waals surface area contributed by atoms with Crippen molar-refractivity contribution in [2.45, 2.75) is 20.0 Å². The van der Waals surface area contributed by atoms with Crippen molar-refractivity contribution >= 4 is 11.1 Å². The quantitative estimate of drug-likeness (QED) is 0.255. The van der Waals surface area contributed by atoms with Crippen molar-refractivity contribution in [1.82, 2.24) is 0 Å². The zero-order chi connectivity index (χ0) is 25.2. The lowest BCUT2D eigenvalue weighted by molar-refractivity contribution is 0.305. The van der Waals surface area contributed by atoms with Gasteiger partial charge in [0.25, 0.3) is 0 Å². The van der Waals surface area contributed by atoms with Gasteiger partial charge in [-0.15, -0.1) is 0 Å². The van der Waals surface area contributed by atoms with Gasteiger partial charge in [-0.3, -0.25) is 0 Å². The summed E-state index contributed by atoms with van der Waals surface area (Å²) in [4.78, 5) is 0. The van der Waals surface area contributed by atoms with Crippen molar-refractivity contribution < 1.29 is 9.47 Å². The molecule has 180 valence electrons. The molecular formula is C32H30N2O2. The molecule has 0 atom stereocenters. The first-order valence-corrected chi connectivity index (χ1v) is 12.2. The van der Waals surface area contributed by atoms with E-state index in [0.717, 1.165) is 40.0 Å². The second-order valence-corrected chi connectivity index (χ2v) is 8.33. The molecule has 4 nitrogen and oxygen atoms in total. The largest absolute Gasteiger partial charge is 0.492 e. The molecule has 0 aliphatic carbocycles. The van der Waals surface area contributed by atoms with Crippen LogP contribution in [0.25, 0.3) is 11.1 Å². The Balaban J connectivity index is 1.76. The first kappa shape index (κ1) is 24.8. The predicted octanol–water partition coefficient (Wildman–Crippen LogP) is 6.84. The highest BCUT2D eigenvalue weighted by Crippen LogP contribution is 2.36. The lowest BCUT2D eigenvalue weighted by Gasteiger charge is -2.18. The molecule has 0 aromatic heterocycles. The van der Waals surface area contributed by atoms with E-state index in [1.54, 1.807) is 0 Å². The molecule has 0 saturated carbocycles. The number of ether oxygens (including phenoxy) is 2. The second-order valence-electron chi connectivity index (χ2n) is 8.33. The Morgan fingerprint density at radius 3 is 2.08 bits per heavy atom. The third kappa shape index (κ3) is 6.02. The fourth-order valence-electron chi connectivity index (χ4n) is 4.21. The standard InChI is InChI=1S/C32H30N2O2/c1-2-30(25-11-7-4-8-12-25)32(26-13-16-29(17-14-26)35-20-19-33)27-15-18-31(28(21-27)22-34)36-23-24-9-5-3-6-10-24/h3-18,21H,2,19-20,23,33H2,1H3. The van der Waals surface area contributed by atoms with Crippen LogP contribution in [-0.4, -0.2) is 13.2 Å². The van der Waals surface area contributed by atoms with Gasteiger partial charge in [0, 0.05) is 6.54 Å². The molecule has 0 heterocycles. The molecule has 0 radical (unpaired) electrons. The SMILES string of the molecule is CCC(=C(c1ccc(OCCN)cc1)c1ccc(OCc2ccccc2)c(C#N)c1)c1ccccc1. The topological polar surface area (TPSA) is 68.3 Å². The van der Waals surface area contributed by atoms with Crippen molar-refractivity contribution in [1.29, 1.82) is 5.26 Å². The van der Waals surface area contributed by atoms with Crippen LogP contribution in [-0.2, 0) is 6.61 Å². The highest BCUT2D eigenvalue weighted by Gasteiger charge is 2.16. The van der Waals surface area contributed by atoms with Crippen LogP contribution in [0.3, 0.4) is 0 Å². The average molecular weight is 475 g/mol. The van der Waals surface area contributed by atoms with E-state index in [1.165, 1.54) is 5.57 Å². The van der Waals surface area contributed by atoms with Gasteiger partial charge >= 0.3 is 0 Å². The molecule has 0 spiro atoms. The van der Waals surface area contributed by atoms with E-state index in [0.29, 0.717) is 31.1 Å². The van der Waals surface area contributed by atoms with Crippen LogP contribution < -0.4 is 15.2 Å². The van der Waals surface area contributed by atoms with Crippen molar-refractivity contribution in [2.24, 2.45) is 5.73 Å². The number of benzene rings is 4. The summed E-state index contributed by atoms with van der Waals surface area (Å²) >= 11 is 0. The molecule has 0 bridgehead atoms. The molecule has 0 unspecified atom stereocenters. The molecule has 4 aromatic rings. The Hall–Kier alpha value is -4.33. The van der Waals surface area contributed by atoms with Crippen LogP contribution in [0.4, 0.5) is 0 Å².